The molecule has 0 aromatic heterocycles. The summed E-state index contributed by atoms with van der Waals surface area (Å²) in [7, 11) is 0. The van der Waals surface area contributed by atoms with E-state index in [0.29, 0.717) is 12.8 Å². The molecular formula is C14H26F4O2. The molecule has 0 aliphatic rings. The Balaban J connectivity index is 3.07. The van der Waals surface area contributed by atoms with Gasteiger partial charge in [0, 0.05) is 6.61 Å². The van der Waals surface area contributed by atoms with Gasteiger partial charge in [-0.05, 0) is 12.8 Å². The van der Waals surface area contributed by atoms with E-state index in [1.807, 2.05) is 0 Å². The van der Waals surface area contributed by atoms with Gasteiger partial charge in [0.25, 0.3) is 0 Å². The Morgan fingerprint density at radius 3 is 1.85 bits per heavy atom. The Labute approximate surface area is 118 Å². The van der Waals surface area contributed by atoms with Crippen molar-refractivity contribution in [3.05, 3.63) is 0 Å². The predicted octanol–water partition coefficient (Wildman–Crippen LogP) is 4.41. The van der Waals surface area contributed by atoms with Crippen LogP contribution in [0.2, 0.25) is 0 Å². The van der Waals surface area contributed by atoms with Gasteiger partial charge in [-0.25, -0.2) is 4.39 Å². The number of aliphatic hydroxyl groups excluding tert-OH is 1. The van der Waals surface area contributed by atoms with Crippen molar-refractivity contribution < 1.29 is 27.4 Å². The van der Waals surface area contributed by atoms with Crippen LogP contribution < -0.4 is 0 Å². The monoisotopic (exact) mass is 302 g/mol. The standard InChI is InChI=1S/C14H26F4O2/c15-13(11-19)9-7-5-3-1-2-4-6-8-10-20-12-14(16,17)18/h13,19H,1-12H2. The molecule has 20 heavy (non-hydrogen) atoms. The van der Waals surface area contributed by atoms with Gasteiger partial charge in [0.15, 0.2) is 0 Å². The highest BCUT2D eigenvalue weighted by atomic mass is 19.4. The smallest absolute Gasteiger partial charge is 0.393 e. The molecule has 0 amide bonds. The zero-order chi connectivity index (χ0) is 15.3. The van der Waals surface area contributed by atoms with E-state index in [4.69, 9.17) is 5.11 Å². The second kappa shape index (κ2) is 12.4. The summed E-state index contributed by atoms with van der Waals surface area (Å²) in [5, 5.41) is 8.49. The minimum atomic E-state index is -4.23. The van der Waals surface area contributed by atoms with Gasteiger partial charge >= 0.3 is 6.18 Å². The SMILES string of the molecule is OCC(F)CCCCCCCCCCOCC(F)(F)F. The Morgan fingerprint density at radius 1 is 0.850 bits per heavy atom. The van der Waals surface area contributed by atoms with Gasteiger partial charge in [-0.3, -0.25) is 0 Å². The van der Waals surface area contributed by atoms with Crippen LogP contribution in [0.15, 0.2) is 0 Å². The Morgan fingerprint density at radius 2 is 1.35 bits per heavy atom. The molecule has 0 aromatic rings. The van der Waals surface area contributed by atoms with Crippen molar-refractivity contribution in [2.75, 3.05) is 19.8 Å². The van der Waals surface area contributed by atoms with E-state index in [9.17, 15) is 17.6 Å². The third-order valence-electron chi connectivity index (χ3n) is 3.02. The van der Waals surface area contributed by atoms with E-state index in [1.165, 1.54) is 0 Å². The van der Waals surface area contributed by atoms with E-state index in [-0.39, 0.29) is 6.61 Å². The van der Waals surface area contributed by atoms with Crippen LogP contribution in [-0.4, -0.2) is 37.3 Å². The fourth-order valence-corrected chi connectivity index (χ4v) is 1.91. The summed E-state index contributed by atoms with van der Waals surface area (Å²) < 4.78 is 52.4. The van der Waals surface area contributed by atoms with E-state index >= 15 is 0 Å². The lowest BCUT2D eigenvalue weighted by Gasteiger charge is -2.07. The van der Waals surface area contributed by atoms with Crippen LogP contribution in [0.25, 0.3) is 0 Å². The van der Waals surface area contributed by atoms with E-state index < -0.39 is 25.6 Å². The van der Waals surface area contributed by atoms with Gasteiger partial charge in [0.1, 0.15) is 12.8 Å². The van der Waals surface area contributed by atoms with E-state index in [1.54, 1.807) is 0 Å². The quantitative estimate of drug-likeness (QED) is 0.403. The first kappa shape index (κ1) is 19.6. The number of aliphatic hydroxyl groups is 1. The molecule has 1 unspecified atom stereocenters. The molecule has 0 saturated carbocycles. The average Bonchev–Trinajstić information content (AvgIpc) is 2.38. The summed E-state index contributed by atoms with van der Waals surface area (Å²) in [5.41, 5.74) is 0. The zero-order valence-corrected chi connectivity index (χ0v) is 11.9. The van der Waals surface area contributed by atoms with Gasteiger partial charge in [-0.2, -0.15) is 13.2 Å². The average molecular weight is 302 g/mol. The number of unbranched alkanes of at least 4 members (excludes halogenated alkanes) is 7. The molecular weight excluding hydrogens is 276 g/mol. The highest BCUT2D eigenvalue weighted by Crippen LogP contribution is 2.15. The van der Waals surface area contributed by atoms with Gasteiger partial charge in [0.05, 0.1) is 6.61 Å². The highest BCUT2D eigenvalue weighted by Gasteiger charge is 2.27. The van der Waals surface area contributed by atoms with Crippen LogP contribution in [0, 0.1) is 0 Å². The molecule has 0 aliphatic carbocycles. The molecule has 0 aliphatic heterocycles. The Bertz CT molecular complexity index is 210. The number of halogens is 4. The molecule has 0 rings (SSSR count). The summed E-state index contributed by atoms with van der Waals surface area (Å²) in [6, 6.07) is 0. The maximum absolute atomic E-state index is 12.7. The van der Waals surface area contributed by atoms with Crippen molar-refractivity contribution in [2.24, 2.45) is 0 Å². The number of hydrogen-bond acceptors (Lipinski definition) is 2. The van der Waals surface area contributed by atoms with Gasteiger partial charge in [0.2, 0.25) is 0 Å². The van der Waals surface area contributed by atoms with Gasteiger partial charge in [-0.1, -0.05) is 44.9 Å². The number of hydrogen-bond donors (Lipinski definition) is 1. The van der Waals surface area contributed by atoms with Crippen LogP contribution in [0.3, 0.4) is 0 Å². The molecule has 0 heterocycles. The van der Waals surface area contributed by atoms with Crippen molar-refractivity contribution >= 4 is 0 Å². The molecule has 0 saturated heterocycles. The van der Waals surface area contributed by atoms with Crippen LogP contribution in [0.1, 0.15) is 57.8 Å². The molecule has 0 fully saturated rings. The first-order valence-corrected chi connectivity index (χ1v) is 7.35. The van der Waals surface area contributed by atoms with Crippen molar-refractivity contribution in [3.63, 3.8) is 0 Å². The molecule has 122 valence electrons. The third kappa shape index (κ3) is 15.7. The fraction of sp³-hybridized carbons (Fsp3) is 1.00. The highest BCUT2D eigenvalue weighted by molar-refractivity contribution is 4.54. The molecule has 1 N–H and O–H groups in total. The molecule has 0 radical (unpaired) electrons. The first-order valence-electron chi connectivity index (χ1n) is 7.35. The Kier molecular flexibility index (Phi) is 12.2. The maximum Gasteiger partial charge on any atom is 0.411 e. The van der Waals surface area contributed by atoms with Gasteiger partial charge in [-0.15, -0.1) is 0 Å². The number of ether oxygens (including phenoxy) is 1. The Hall–Kier alpha value is -0.360. The van der Waals surface area contributed by atoms with Gasteiger partial charge < -0.3 is 9.84 Å². The normalized spacial score (nSPS) is 13.7. The summed E-state index contributed by atoms with van der Waals surface area (Å²) in [4.78, 5) is 0. The largest absolute Gasteiger partial charge is 0.411 e. The zero-order valence-electron chi connectivity index (χ0n) is 11.9. The minimum absolute atomic E-state index is 0.165. The lowest BCUT2D eigenvalue weighted by Crippen LogP contribution is -2.17. The molecule has 1 atom stereocenters. The van der Waals surface area contributed by atoms with Crippen LogP contribution in [0.4, 0.5) is 17.6 Å². The first-order chi connectivity index (χ1) is 9.45. The van der Waals surface area contributed by atoms with E-state index in [0.717, 1.165) is 44.9 Å². The van der Waals surface area contributed by atoms with Crippen molar-refractivity contribution in [1.82, 2.24) is 0 Å². The molecule has 2 nitrogen and oxygen atoms in total. The third-order valence-corrected chi connectivity index (χ3v) is 3.02. The molecule has 0 bridgehead atoms. The minimum Gasteiger partial charge on any atom is -0.393 e. The lowest BCUT2D eigenvalue weighted by atomic mass is 10.1. The van der Waals surface area contributed by atoms with Crippen LogP contribution in [0.5, 0.6) is 0 Å². The fourth-order valence-electron chi connectivity index (χ4n) is 1.91. The number of alkyl halides is 4. The molecule has 0 spiro atoms. The summed E-state index contributed by atoms with van der Waals surface area (Å²) in [6.07, 6.45) is 2.58. The maximum atomic E-state index is 12.7. The molecule has 6 heteroatoms. The molecule has 0 aromatic carbocycles. The second-order valence-corrected chi connectivity index (χ2v) is 5.06. The van der Waals surface area contributed by atoms with E-state index in [2.05, 4.69) is 4.74 Å². The van der Waals surface area contributed by atoms with Crippen LogP contribution >= 0.6 is 0 Å². The topological polar surface area (TPSA) is 29.5 Å². The lowest BCUT2D eigenvalue weighted by molar-refractivity contribution is -0.174. The summed E-state index contributed by atoms with van der Waals surface area (Å²) in [6.45, 7) is -1.38. The van der Waals surface area contributed by atoms with Crippen molar-refractivity contribution in [3.8, 4) is 0 Å². The summed E-state index contributed by atoms with van der Waals surface area (Å²) >= 11 is 0. The van der Waals surface area contributed by atoms with Crippen molar-refractivity contribution in [2.45, 2.75) is 70.1 Å². The van der Waals surface area contributed by atoms with Crippen LogP contribution in [-0.2, 0) is 4.74 Å². The number of rotatable bonds is 13. The summed E-state index contributed by atoms with van der Waals surface area (Å²) in [5.74, 6) is 0. The second-order valence-electron chi connectivity index (χ2n) is 5.06. The predicted molar refractivity (Wildman–Crippen MR) is 70.4 cm³/mol. The van der Waals surface area contributed by atoms with Crippen molar-refractivity contribution in [1.29, 1.82) is 0 Å².